The molecule has 2 aromatic carbocycles. The van der Waals surface area contributed by atoms with Gasteiger partial charge in [0.15, 0.2) is 0 Å². The number of phenolic OH excluding ortho intramolecular Hbond substituents is 1. The van der Waals surface area contributed by atoms with E-state index in [1.54, 1.807) is 13.1 Å². The van der Waals surface area contributed by atoms with Crippen molar-refractivity contribution in [2.75, 3.05) is 13.6 Å². The van der Waals surface area contributed by atoms with Crippen molar-refractivity contribution in [2.45, 2.75) is 0 Å². The van der Waals surface area contributed by atoms with Crippen LogP contribution in [0.25, 0.3) is 10.8 Å². The zero-order valence-corrected chi connectivity index (χ0v) is 10.1. The minimum atomic E-state index is -0.161. The van der Waals surface area contributed by atoms with Crippen LogP contribution in [0.4, 0.5) is 0 Å². The molecule has 0 aromatic heterocycles. The Bertz CT molecular complexity index is 606. The van der Waals surface area contributed by atoms with Gasteiger partial charge < -0.3 is 10.4 Å². The topological polar surface area (TPSA) is 61.7 Å². The Kier molecular flexibility index (Phi) is 3.57. The van der Waals surface area contributed by atoms with Gasteiger partial charge in [0, 0.05) is 18.8 Å². The molecule has 0 radical (unpaired) electrons. The first-order valence-electron chi connectivity index (χ1n) is 5.63. The third kappa shape index (κ3) is 2.48. The van der Waals surface area contributed by atoms with Crippen LogP contribution in [0.15, 0.2) is 41.4 Å². The molecule has 4 heteroatoms. The molecule has 0 aliphatic rings. The van der Waals surface area contributed by atoms with E-state index in [4.69, 9.17) is 0 Å². The molecular weight excluding hydrogens is 228 g/mol. The van der Waals surface area contributed by atoms with Crippen LogP contribution >= 0.6 is 0 Å². The van der Waals surface area contributed by atoms with Crippen molar-refractivity contribution < 1.29 is 9.90 Å². The van der Waals surface area contributed by atoms with Crippen molar-refractivity contribution in [1.82, 2.24) is 5.32 Å². The lowest BCUT2D eigenvalue weighted by atomic mass is 10.0. The van der Waals surface area contributed by atoms with Gasteiger partial charge >= 0.3 is 0 Å². The maximum atomic E-state index is 11.1. The van der Waals surface area contributed by atoms with Gasteiger partial charge in [-0.25, -0.2) is 0 Å². The Morgan fingerprint density at radius 3 is 2.89 bits per heavy atom. The summed E-state index contributed by atoms with van der Waals surface area (Å²) in [6.45, 7) is 0.0547. The second kappa shape index (κ2) is 5.31. The van der Waals surface area contributed by atoms with Crippen LogP contribution in [-0.2, 0) is 4.79 Å². The predicted octanol–water partition coefficient (Wildman–Crippen LogP) is 1.71. The average molecular weight is 242 g/mol. The van der Waals surface area contributed by atoms with Crippen molar-refractivity contribution >= 4 is 22.9 Å². The summed E-state index contributed by atoms with van der Waals surface area (Å²) < 4.78 is 0. The van der Waals surface area contributed by atoms with Gasteiger partial charge in [-0.15, -0.1) is 0 Å². The Hall–Kier alpha value is -2.36. The number of likely N-dealkylation sites (N-methyl/N-ethyl adjacent to an activating group) is 1. The highest BCUT2D eigenvalue weighted by Gasteiger charge is 2.04. The summed E-state index contributed by atoms with van der Waals surface area (Å²) in [5, 5.41) is 14.3. The molecular formula is C14H14N2O2. The summed E-state index contributed by atoms with van der Waals surface area (Å²) in [6.07, 6.45) is 1.53. The number of amides is 1. The molecule has 4 nitrogen and oxygen atoms in total. The molecule has 92 valence electrons. The van der Waals surface area contributed by atoms with Crippen LogP contribution < -0.4 is 5.32 Å². The van der Waals surface area contributed by atoms with Crippen LogP contribution in [-0.4, -0.2) is 30.8 Å². The van der Waals surface area contributed by atoms with Crippen molar-refractivity contribution in [3.63, 3.8) is 0 Å². The highest BCUT2D eigenvalue weighted by Crippen LogP contribution is 2.25. The summed E-state index contributed by atoms with van der Waals surface area (Å²) in [6, 6.07) is 11.2. The molecule has 2 rings (SSSR count). The van der Waals surface area contributed by atoms with E-state index in [-0.39, 0.29) is 18.2 Å². The molecule has 0 saturated heterocycles. The van der Waals surface area contributed by atoms with Crippen LogP contribution in [0.5, 0.6) is 5.75 Å². The number of carbonyl (C=O) groups excluding carboxylic acids is 1. The number of benzene rings is 2. The number of hydrogen-bond acceptors (Lipinski definition) is 3. The van der Waals surface area contributed by atoms with E-state index >= 15 is 0 Å². The number of rotatable bonds is 3. The summed E-state index contributed by atoms with van der Waals surface area (Å²) >= 11 is 0. The third-order valence-corrected chi connectivity index (χ3v) is 2.68. The van der Waals surface area contributed by atoms with Crippen molar-refractivity contribution in [3.8, 4) is 5.75 Å². The Labute approximate surface area is 105 Å². The van der Waals surface area contributed by atoms with Gasteiger partial charge in [-0.1, -0.05) is 30.3 Å². The van der Waals surface area contributed by atoms with Crippen LogP contribution in [0, 0.1) is 0 Å². The standard InChI is InChI=1S/C14H14N2O2/c1-15-14(18)9-16-8-12-11-5-3-2-4-10(11)6-7-13(12)17/h2-8,17H,9H2,1H3,(H,15,18). The van der Waals surface area contributed by atoms with Gasteiger partial charge in [0.1, 0.15) is 12.3 Å². The van der Waals surface area contributed by atoms with E-state index in [0.29, 0.717) is 5.56 Å². The molecule has 0 aliphatic heterocycles. The molecule has 18 heavy (non-hydrogen) atoms. The lowest BCUT2D eigenvalue weighted by molar-refractivity contribution is -0.119. The fraction of sp³-hybridized carbons (Fsp3) is 0.143. The third-order valence-electron chi connectivity index (χ3n) is 2.68. The average Bonchev–Trinajstić information content (AvgIpc) is 2.41. The molecule has 0 heterocycles. The maximum Gasteiger partial charge on any atom is 0.241 e. The molecule has 0 spiro atoms. The minimum Gasteiger partial charge on any atom is -0.507 e. The second-order valence-electron chi connectivity index (χ2n) is 3.86. The van der Waals surface area contributed by atoms with Crippen LogP contribution in [0.1, 0.15) is 5.56 Å². The molecule has 0 aliphatic carbocycles. The molecule has 0 unspecified atom stereocenters. The largest absolute Gasteiger partial charge is 0.507 e. The summed E-state index contributed by atoms with van der Waals surface area (Å²) in [7, 11) is 1.56. The van der Waals surface area contributed by atoms with Crippen molar-refractivity contribution in [1.29, 1.82) is 0 Å². The number of aromatic hydroxyl groups is 1. The van der Waals surface area contributed by atoms with Gasteiger partial charge in [0.05, 0.1) is 0 Å². The van der Waals surface area contributed by atoms with Crippen LogP contribution in [0.3, 0.4) is 0 Å². The summed E-state index contributed by atoms with van der Waals surface area (Å²) in [5.41, 5.74) is 0.636. The predicted molar refractivity (Wildman–Crippen MR) is 72.1 cm³/mol. The van der Waals surface area contributed by atoms with E-state index in [1.807, 2.05) is 30.3 Å². The molecule has 0 fully saturated rings. The quantitative estimate of drug-likeness (QED) is 0.805. The number of phenols is 1. The molecule has 1 amide bonds. The minimum absolute atomic E-state index is 0.0547. The Morgan fingerprint density at radius 2 is 2.11 bits per heavy atom. The molecule has 0 saturated carbocycles. The first kappa shape index (κ1) is 12.1. The number of carbonyl (C=O) groups is 1. The highest BCUT2D eigenvalue weighted by molar-refractivity contribution is 6.02. The smallest absolute Gasteiger partial charge is 0.241 e. The molecule has 0 atom stereocenters. The van der Waals surface area contributed by atoms with E-state index < -0.39 is 0 Å². The Balaban J connectivity index is 2.37. The Morgan fingerprint density at radius 1 is 1.33 bits per heavy atom. The number of nitrogens with one attached hydrogen (secondary N) is 1. The molecule has 2 aromatic rings. The van der Waals surface area contributed by atoms with E-state index in [9.17, 15) is 9.90 Å². The molecule has 2 N–H and O–H groups in total. The summed E-state index contributed by atoms with van der Waals surface area (Å²) in [4.78, 5) is 15.1. The number of nitrogens with zero attached hydrogens (tertiary/aromatic N) is 1. The van der Waals surface area contributed by atoms with Gasteiger partial charge in [-0.2, -0.15) is 0 Å². The highest BCUT2D eigenvalue weighted by atomic mass is 16.3. The monoisotopic (exact) mass is 242 g/mol. The first-order valence-corrected chi connectivity index (χ1v) is 5.63. The van der Waals surface area contributed by atoms with Gasteiger partial charge in [0.2, 0.25) is 5.91 Å². The lowest BCUT2D eigenvalue weighted by Crippen LogP contribution is -2.20. The zero-order valence-electron chi connectivity index (χ0n) is 10.1. The first-order chi connectivity index (χ1) is 8.72. The normalized spacial score (nSPS) is 10.9. The van der Waals surface area contributed by atoms with Gasteiger partial charge in [-0.05, 0) is 16.8 Å². The van der Waals surface area contributed by atoms with E-state index in [1.165, 1.54) is 6.21 Å². The van der Waals surface area contributed by atoms with E-state index in [0.717, 1.165) is 10.8 Å². The van der Waals surface area contributed by atoms with Crippen LogP contribution in [0.2, 0.25) is 0 Å². The fourth-order valence-corrected chi connectivity index (χ4v) is 1.72. The second-order valence-corrected chi connectivity index (χ2v) is 3.86. The zero-order chi connectivity index (χ0) is 13.0. The lowest BCUT2D eigenvalue weighted by Gasteiger charge is -2.04. The number of hydrogen-bond donors (Lipinski definition) is 2. The van der Waals surface area contributed by atoms with Crippen molar-refractivity contribution in [3.05, 3.63) is 42.0 Å². The van der Waals surface area contributed by atoms with E-state index in [2.05, 4.69) is 10.3 Å². The number of fused-ring (bicyclic) bond motifs is 1. The molecule has 0 bridgehead atoms. The maximum absolute atomic E-state index is 11.1. The SMILES string of the molecule is CNC(=O)CN=Cc1c(O)ccc2ccccc12. The van der Waals surface area contributed by atoms with Gasteiger partial charge in [0.25, 0.3) is 0 Å². The summed E-state index contributed by atoms with van der Waals surface area (Å²) in [5.74, 6) is 0.000308. The van der Waals surface area contributed by atoms with Gasteiger partial charge in [-0.3, -0.25) is 9.79 Å². The number of aliphatic imine (C=N–C) groups is 1. The van der Waals surface area contributed by atoms with Crippen molar-refractivity contribution in [2.24, 2.45) is 4.99 Å². The fourth-order valence-electron chi connectivity index (χ4n) is 1.72.